The number of hydrogen-bond acceptors (Lipinski definition) is 4. The van der Waals surface area contributed by atoms with Gasteiger partial charge in [0.2, 0.25) is 5.91 Å². The third-order valence-electron chi connectivity index (χ3n) is 4.99. The number of benzene rings is 2. The van der Waals surface area contributed by atoms with E-state index in [-0.39, 0.29) is 5.91 Å². The van der Waals surface area contributed by atoms with Crippen molar-refractivity contribution < 1.29 is 14.3 Å². The summed E-state index contributed by atoms with van der Waals surface area (Å²) in [6.45, 7) is 8.10. The molecule has 0 spiro atoms. The SMILES string of the molecule is CCNC(=NCc1ccc(Oc2ccccc2OC)cc1)N1CCN(C(C)=O)CC1. The van der Waals surface area contributed by atoms with Crippen molar-refractivity contribution in [1.29, 1.82) is 0 Å². The smallest absolute Gasteiger partial charge is 0.219 e. The largest absolute Gasteiger partial charge is 0.493 e. The molecule has 7 nitrogen and oxygen atoms in total. The monoisotopic (exact) mass is 410 g/mol. The molecule has 1 N–H and O–H groups in total. The molecule has 0 saturated carbocycles. The van der Waals surface area contributed by atoms with Crippen LogP contribution in [0.3, 0.4) is 0 Å². The lowest BCUT2D eigenvalue weighted by atomic mass is 10.2. The number of aliphatic imine (C=N–C) groups is 1. The highest BCUT2D eigenvalue weighted by Crippen LogP contribution is 2.30. The van der Waals surface area contributed by atoms with Gasteiger partial charge >= 0.3 is 0 Å². The molecule has 1 aliphatic rings. The second-order valence-electron chi connectivity index (χ2n) is 7.06. The molecule has 2 aromatic carbocycles. The molecular formula is C23H30N4O3. The minimum Gasteiger partial charge on any atom is -0.493 e. The quantitative estimate of drug-likeness (QED) is 0.586. The van der Waals surface area contributed by atoms with Crippen molar-refractivity contribution in [1.82, 2.24) is 15.1 Å². The Morgan fingerprint density at radius 3 is 2.23 bits per heavy atom. The van der Waals surface area contributed by atoms with Gasteiger partial charge in [0.1, 0.15) is 5.75 Å². The van der Waals surface area contributed by atoms with Gasteiger partial charge in [0, 0.05) is 39.6 Å². The van der Waals surface area contributed by atoms with Gasteiger partial charge in [-0.1, -0.05) is 24.3 Å². The molecule has 0 aromatic heterocycles. The molecule has 2 aromatic rings. The lowest BCUT2D eigenvalue weighted by Gasteiger charge is -2.36. The van der Waals surface area contributed by atoms with E-state index in [1.54, 1.807) is 14.0 Å². The Balaban J connectivity index is 1.61. The second kappa shape index (κ2) is 10.5. The maximum Gasteiger partial charge on any atom is 0.219 e. The van der Waals surface area contributed by atoms with Crippen molar-refractivity contribution >= 4 is 11.9 Å². The number of ether oxygens (including phenoxy) is 2. The molecule has 0 aliphatic carbocycles. The summed E-state index contributed by atoms with van der Waals surface area (Å²) in [7, 11) is 1.63. The first-order valence-corrected chi connectivity index (χ1v) is 10.3. The Morgan fingerprint density at radius 2 is 1.63 bits per heavy atom. The van der Waals surface area contributed by atoms with Crippen molar-refractivity contribution in [2.24, 2.45) is 4.99 Å². The summed E-state index contributed by atoms with van der Waals surface area (Å²) >= 11 is 0. The lowest BCUT2D eigenvalue weighted by molar-refractivity contribution is -0.130. The van der Waals surface area contributed by atoms with Crippen LogP contribution in [0.25, 0.3) is 0 Å². The highest BCUT2D eigenvalue weighted by atomic mass is 16.5. The van der Waals surface area contributed by atoms with E-state index in [0.717, 1.165) is 50.0 Å². The molecule has 0 unspecified atom stereocenters. The van der Waals surface area contributed by atoms with Gasteiger partial charge in [-0.05, 0) is 36.8 Å². The molecule has 1 fully saturated rings. The fourth-order valence-corrected chi connectivity index (χ4v) is 3.32. The third kappa shape index (κ3) is 5.65. The first-order chi connectivity index (χ1) is 14.6. The van der Waals surface area contributed by atoms with Gasteiger partial charge in [-0.2, -0.15) is 0 Å². The van der Waals surface area contributed by atoms with Crippen molar-refractivity contribution in [3.8, 4) is 17.2 Å². The van der Waals surface area contributed by atoms with Crippen LogP contribution in [0.15, 0.2) is 53.5 Å². The molecule has 30 heavy (non-hydrogen) atoms. The van der Waals surface area contributed by atoms with Gasteiger partial charge in [-0.25, -0.2) is 4.99 Å². The van der Waals surface area contributed by atoms with E-state index in [1.807, 2.05) is 53.4 Å². The lowest BCUT2D eigenvalue weighted by Crippen LogP contribution is -2.53. The molecule has 1 aliphatic heterocycles. The van der Waals surface area contributed by atoms with Crippen molar-refractivity contribution in [2.75, 3.05) is 39.8 Å². The minimum absolute atomic E-state index is 0.132. The van der Waals surface area contributed by atoms with Crippen molar-refractivity contribution in [2.45, 2.75) is 20.4 Å². The maximum atomic E-state index is 11.5. The normalized spacial score (nSPS) is 14.4. The fourth-order valence-electron chi connectivity index (χ4n) is 3.32. The van der Waals surface area contributed by atoms with E-state index in [1.165, 1.54) is 0 Å². The van der Waals surface area contributed by atoms with Gasteiger partial charge in [0.25, 0.3) is 0 Å². The average Bonchev–Trinajstić information content (AvgIpc) is 2.78. The van der Waals surface area contributed by atoms with Crippen LogP contribution in [0.2, 0.25) is 0 Å². The molecule has 160 valence electrons. The number of nitrogens with one attached hydrogen (secondary N) is 1. The van der Waals surface area contributed by atoms with Crippen molar-refractivity contribution in [3.05, 3.63) is 54.1 Å². The summed E-state index contributed by atoms with van der Waals surface area (Å²) in [6, 6.07) is 15.5. The molecule has 0 atom stereocenters. The van der Waals surface area contributed by atoms with Gasteiger partial charge in [-0.15, -0.1) is 0 Å². The molecule has 1 saturated heterocycles. The Bertz CT molecular complexity index is 859. The zero-order chi connectivity index (χ0) is 21.3. The Labute approximate surface area is 178 Å². The number of nitrogens with zero attached hydrogens (tertiary/aromatic N) is 3. The van der Waals surface area contributed by atoms with E-state index in [9.17, 15) is 4.79 Å². The summed E-state index contributed by atoms with van der Waals surface area (Å²) in [5.74, 6) is 3.15. The molecule has 0 bridgehead atoms. The van der Waals surface area contributed by atoms with Gasteiger partial charge in [0.05, 0.1) is 13.7 Å². The van der Waals surface area contributed by atoms with E-state index in [4.69, 9.17) is 14.5 Å². The van der Waals surface area contributed by atoms with Crippen LogP contribution in [0.1, 0.15) is 19.4 Å². The number of methoxy groups -OCH3 is 1. The Hall–Kier alpha value is -3.22. The van der Waals surface area contributed by atoms with Crippen LogP contribution in [-0.2, 0) is 11.3 Å². The molecule has 7 heteroatoms. The zero-order valence-corrected chi connectivity index (χ0v) is 17.9. The number of carbonyl (C=O) groups is 1. The predicted octanol–water partition coefficient (Wildman–Crippen LogP) is 3.12. The molecule has 1 amide bonds. The standard InChI is InChI=1S/C23H30N4O3/c1-4-24-23(27-15-13-26(14-16-27)18(2)28)25-17-19-9-11-20(12-10-19)30-22-8-6-5-7-21(22)29-3/h5-12H,4,13-17H2,1-3H3,(H,24,25). The Kier molecular flexibility index (Phi) is 7.54. The number of guanidine groups is 1. The number of amides is 1. The Morgan fingerprint density at radius 1 is 1.00 bits per heavy atom. The van der Waals surface area contributed by atoms with Crippen LogP contribution in [-0.4, -0.2) is 61.5 Å². The van der Waals surface area contributed by atoms with E-state index >= 15 is 0 Å². The summed E-state index contributed by atoms with van der Waals surface area (Å²) in [4.78, 5) is 20.4. The fraction of sp³-hybridized carbons (Fsp3) is 0.391. The molecule has 0 radical (unpaired) electrons. The summed E-state index contributed by atoms with van der Waals surface area (Å²) in [6.07, 6.45) is 0. The average molecular weight is 411 g/mol. The third-order valence-corrected chi connectivity index (χ3v) is 4.99. The summed E-state index contributed by atoms with van der Waals surface area (Å²) in [5.41, 5.74) is 1.10. The van der Waals surface area contributed by atoms with Crippen LogP contribution in [0.4, 0.5) is 0 Å². The first kappa shape index (κ1) is 21.5. The van der Waals surface area contributed by atoms with Gasteiger partial charge < -0.3 is 24.6 Å². The number of carbonyl (C=O) groups excluding carboxylic acids is 1. The van der Waals surface area contributed by atoms with E-state index in [0.29, 0.717) is 18.0 Å². The number of hydrogen-bond donors (Lipinski definition) is 1. The number of piperazine rings is 1. The number of para-hydroxylation sites is 2. The molecule has 1 heterocycles. The van der Waals surface area contributed by atoms with Gasteiger partial charge in [-0.3, -0.25) is 4.79 Å². The van der Waals surface area contributed by atoms with Crippen molar-refractivity contribution in [3.63, 3.8) is 0 Å². The minimum atomic E-state index is 0.132. The van der Waals surface area contributed by atoms with Gasteiger partial charge in [0.15, 0.2) is 17.5 Å². The maximum absolute atomic E-state index is 11.5. The number of rotatable bonds is 6. The van der Waals surface area contributed by atoms with Crippen LogP contribution in [0, 0.1) is 0 Å². The van der Waals surface area contributed by atoms with Crippen LogP contribution in [0.5, 0.6) is 17.2 Å². The summed E-state index contributed by atoms with van der Waals surface area (Å²) < 4.78 is 11.3. The highest BCUT2D eigenvalue weighted by Gasteiger charge is 2.20. The topological polar surface area (TPSA) is 66.4 Å². The molecular weight excluding hydrogens is 380 g/mol. The molecule has 3 rings (SSSR count). The highest BCUT2D eigenvalue weighted by molar-refractivity contribution is 5.80. The van der Waals surface area contributed by atoms with E-state index < -0.39 is 0 Å². The first-order valence-electron chi connectivity index (χ1n) is 10.3. The predicted molar refractivity (Wildman–Crippen MR) is 118 cm³/mol. The van der Waals surface area contributed by atoms with E-state index in [2.05, 4.69) is 17.1 Å². The second-order valence-corrected chi connectivity index (χ2v) is 7.06. The zero-order valence-electron chi connectivity index (χ0n) is 17.9. The van der Waals surface area contributed by atoms with Crippen LogP contribution >= 0.6 is 0 Å². The summed E-state index contributed by atoms with van der Waals surface area (Å²) in [5, 5.41) is 3.36. The van der Waals surface area contributed by atoms with Crippen LogP contribution < -0.4 is 14.8 Å².